The average molecular weight is 246 g/mol. The van der Waals surface area contributed by atoms with Gasteiger partial charge < -0.3 is 5.73 Å². The molecule has 1 aliphatic rings. The average Bonchev–Trinajstić information content (AvgIpc) is 2.34. The van der Waals surface area contributed by atoms with E-state index in [9.17, 15) is 4.79 Å². The molecule has 0 aromatic heterocycles. The quantitative estimate of drug-likeness (QED) is 0.887. The number of likely N-dealkylation sites (tertiary alicyclic amines) is 1. The lowest BCUT2D eigenvalue weighted by molar-refractivity contribution is -0.124. The van der Waals surface area contributed by atoms with Crippen LogP contribution in [0.25, 0.3) is 0 Å². The van der Waals surface area contributed by atoms with Crippen LogP contribution in [0, 0.1) is 12.8 Å². The minimum absolute atomic E-state index is 0.0200. The Morgan fingerprint density at radius 3 is 2.61 bits per heavy atom. The zero-order chi connectivity index (χ0) is 13.1. The van der Waals surface area contributed by atoms with Crippen LogP contribution in [0.2, 0.25) is 0 Å². The van der Waals surface area contributed by atoms with Gasteiger partial charge in [0.2, 0.25) is 5.91 Å². The van der Waals surface area contributed by atoms with Crippen molar-refractivity contribution in [1.82, 2.24) is 4.90 Å². The number of nitrogens with zero attached hydrogens (tertiary/aromatic N) is 1. The smallest absolute Gasteiger partial charge is 0.221 e. The van der Waals surface area contributed by atoms with Crippen LogP contribution in [-0.4, -0.2) is 23.4 Å². The molecule has 1 heterocycles. The molecule has 1 saturated heterocycles. The molecule has 0 saturated carbocycles. The minimum atomic E-state index is -0.157. The summed E-state index contributed by atoms with van der Waals surface area (Å²) >= 11 is 0. The molecule has 98 valence electrons. The third kappa shape index (κ3) is 3.10. The SMILES string of the molecule is Cc1ccc(CN2C[C@H](C(N)=O)CC[C@@H]2C)cc1. The van der Waals surface area contributed by atoms with Crippen molar-refractivity contribution in [1.29, 1.82) is 0 Å². The number of amides is 1. The molecule has 2 N–H and O–H groups in total. The number of nitrogens with two attached hydrogens (primary N) is 1. The number of benzene rings is 1. The van der Waals surface area contributed by atoms with Crippen molar-refractivity contribution < 1.29 is 4.79 Å². The van der Waals surface area contributed by atoms with Crippen molar-refractivity contribution in [3.05, 3.63) is 35.4 Å². The van der Waals surface area contributed by atoms with Crippen LogP contribution in [-0.2, 0) is 11.3 Å². The van der Waals surface area contributed by atoms with Gasteiger partial charge in [0.1, 0.15) is 0 Å². The standard InChI is InChI=1S/C15H22N2O/c1-11-3-6-13(7-4-11)9-17-10-14(15(16)18)8-5-12(17)2/h3-4,6-7,12,14H,5,8-10H2,1-2H3,(H2,16,18)/t12-,14+/m0/s1. The van der Waals surface area contributed by atoms with E-state index in [2.05, 4.69) is 43.0 Å². The number of aryl methyl sites for hydroxylation is 1. The first-order valence-corrected chi connectivity index (χ1v) is 6.65. The van der Waals surface area contributed by atoms with Crippen LogP contribution >= 0.6 is 0 Å². The Balaban J connectivity index is 2.02. The summed E-state index contributed by atoms with van der Waals surface area (Å²) in [5.41, 5.74) is 8.00. The number of primary amides is 1. The maximum Gasteiger partial charge on any atom is 0.221 e. The van der Waals surface area contributed by atoms with Crippen LogP contribution in [0.4, 0.5) is 0 Å². The Morgan fingerprint density at radius 2 is 2.00 bits per heavy atom. The molecule has 0 radical (unpaired) electrons. The Labute approximate surface area is 109 Å². The first-order valence-electron chi connectivity index (χ1n) is 6.65. The predicted octanol–water partition coefficient (Wildman–Crippen LogP) is 2.08. The second kappa shape index (κ2) is 5.53. The van der Waals surface area contributed by atoms with E-state index in [0.29, 0.717) is 6.04 Å². The summed E-state index contributed by atoms with van der Waals surface area (Å²) in [7, 11) is 0. The van der Waals surface area contributed by atoms with Gasteiger partial charge in [0.25, 0.3) is 0 Å². The Hall–Kier alpha value is -1.35. The van der Waals surface area contributed by atoms with E-state index in [4.69, 9.17) is 5.73 Å². The first kappa shape index (κ1) is 13.1. The lowest BCUT2D eigenvalue weighted by atomic mass is 9.92. The Morgan fingerprint density at radius 1 is 1.33 bits per heavy atom. The minimum Gasteiger partial charge on any atom is -0.369 e. The molecule has 3 nitrogen and oxygen atoms in total. The number of carbonyl (C=O) groups is 1. The van der Waals surface area contributed by atoms with Crippen LogP contribution in [0.3, 0.4) is 0 Å². The fraction of sp³-hybridized carbons (Fsp3) is 0.533. The molecule has 18 heavy (non-hydrogen) atoms. The first-order chi connectivity index (χ1) is 8.56. The lowest BCUT2D eigenvalue weighted by Crippen LogP contribution is -2.45. The normalized spacial score (nSPS) is 25.0. The topological polar surface area (TPSA) is 46.3 Å². The van der Waals surface area contributed by atoms with E-state index in [-0.39, 0.29) is 11.8 Å². The van der Waals surface area contributed by atoms with E-state index >= 15 is 0 Å². The van der Waals surface area contributed by atoms with E-state index in [0.717, 1.165) is 25.9 Å². The van der Waals surface area contributed by atoms with E-state index in [1.54, 1.807) is 0 Å². The van der Waals surface area contributed by atoms with Crippen molar-refractivity contribution >= 4 is 5.91 Å². The highest BCUT2D eigenvalue weighted by molar-refractivity contribution is 5.76. The largest absolute Gasteiger partial charge is 0.369 e. The molecule has 1 amide bonds. The van der Waals surface area contributed by atoms with Gasteiger partial charge in [0.15, 0.2) is 0 Å². The summed E-state index contributed by atoms with van der Waals surface area (Å²) in [6.07, 6.45) is 1.99. The van der Waals surface area contributed by atoms with Crippen LogP contribution in [0.5, 0.6) is 0 Å². The Bertz CT molecular complexity index is 413. The third-order valence-electron chi connectivity index (χ3n) is 3.92. The highest BCUT2D eigenvalue weighted by atomic mass is 16.1. The summed E-state index contributed by atoms with van der Waals surface area (Å²) in [6.45, 7) is 6.03. The van der Waals surface area contributed by atoms with Crippen molar-refractivity contribution in [3.8, 4) is 0 Å². The third-order valence-corrected chi connectivity index (χ3v) is 3.92. The van der Waals surface area contributed by atoms with Gasteiger partial charge in [-0.25, -0.2) is 0 Å². The summed E-state index contributed by atoms with van der Waals surface area (Å²) in [6, 6.07) is 9.12. The lowest BCUT2D eigenvalue weighted by Gasteiger charge is -2.36. The number of hydrogen-bond acceptors (Lipinski definition) is 2. The summed E-state index contributed by atoms with van der Waals surface area (Å²) < 4.78 is 0. The second-order valence-corrected chi connectivity index (χ2v) is 5.44. The highest BCUT2D eigenvalue weighted by Crippen LogP contribution is 2.23. The zero-order valence-corrected chi connectivity index (χ0v) is 11.2. The molecular formula is C15H22N2O. The monoisotopic (exact) mass is 246 g/mol. The maximum absolute atomic E-state index is 11.3. The van der Waals surface area contributed by atoms with Gasteiger partial charge in [0.05, 0.1) is 5.92 Å². The van der Waals surface area contributed by atoms with Gasteiger partial charge in [-0.15, -0.1) is 0 Å². The van der Waals surface area contributed by atoms with Gasteiger partial charge in [-0.3, -0.25) is 9.69 Å². The molecule has 0 spiro atoms. The molecule has 3 heteroatoms. The van der Waals surface area contributed by atoms with Gasteiger partial charge in [-0.2, -0.15) is 0 Å². The molecule has 1 aromatic rings. The maximum atomic E-state index is 11.3. The van der Waals surface area contributed by atoms with Crippen molar-refractivity contribution in [2.45, 2.75) is 39.3 Å². The zero-order valence-electron chi connectivity index (χ0n) is 11.2. The fourth-order valence-electron chi connectivity index (χ4n) is 2.56. The molecular weight excluding hydrogens is 224 g/mol. The molecule has 1 aliphatic heterocycles. The second-order valence-electron chi connectivity index (χ2n) is 5.44. The van der Waals surface area contributed by atoms with Crippen LogP contribution in [0.15, 0.2) is 24.3 Å². The Kier molecular flexibility index (Phi) is 4.02. The number of piperidine rings is 1. The fourth-order valence-corrected chi connectivity index (χ4v) is 2.56. The molecule has 0 bridgehead atoms. The number of hydrogen-bond donors (Lipinski definition) is 1. The highest BCUT2D eigenvalue weighted by Gasteiger charge is 2.28. The summed E-state index contributed by atoms with van der Waals surface area (Å²) in [4.78, 5) is 13.7. The van der Waals surface area contributed by atoms with Gasteiger partial charge in [-0.1, -0.05) is 29.8 Å². The van der Waals surface area contributed by atoms with Crippen LogP contribution in [0.1, 0.15) is 30.9 Å². The molecule has 2 atom stereocenters. The molecule has 0 aliphatic carbocycles. The predicted molar refractivity (Wildman–Crippen MR) is 73.0 cm³/mol. The van der Waals surface area contributed by atoms with E-state index in [1.165, 1.54) is 11.1 Å². The molecule has 2 rings (SSSR count). The van der Waals surface area contributed by atoms with Gasteiger partial charge in [0, 0.05) is 19.1 Å². The molecule has 0 unspecified atom stereocenters. The number of carbonyl (C=O) groups excluding carboxylic acids is 1. The van der Waals surface area contributed by atoms with Gasteiger partial charge in [-0.05, 0) is 32.3 Å². The van der Waals surface area contributed by atoms with E-state index < -0.39 is 0 Å². The van der Waals surface area contributed by atoms with Crippen LogP contribution < -0.4 is 5.73 Å². The molecule has 1 aromatic carbocycles. The molecule has 1 fully saturated rings. The van der Waals surface area contributed by atoms with Crippen molar-refractivity contribution in [2.24, 2.45) is 11.7 Å². The van der Waals surface area contributed by atoms with E-state index in [1.807, 2.05) is 0 Å². The summed E-state index contributed by atoms with van der Waals surface area (Å²) in [5.74, 6) is -0.137. The summed E-state index contributed by atoms with van der Waals surface area (Å²) in [5, 5.41) is 0. The van der Waals surface area contributed by atoms with Crippen molar-refractivity contribution in [3.63, 3.8) is 0 Å². The van der Waals surface area contributed by atoms with Crippen molar-refractivity contribution in [2.75, 3.05) is 6.54 Å². The number of rotatable bonds is 3. The van der Waals surface area contributed by atoms with Gasteiger partial charge >= 0.3 is 0 Å².